The first-order chi connectivity index (χ1) is 17.7. The lowest BCUT2D eigenvalue weighted by Gasteiger charge is -2.25. The highest BCUT2D eigenvalue weighted by atomic mass is 14.9. The molecule has 0 radical (unpaired) electrons. The molecule has 2 nitrogen and oxygen atoms in total. The van der Waals surface area contributed by atoms with Gasteiger partial charge in [0.2, 0.25) is 0 Å². The van der Waals surface area contributed by atoms with Crippen LogP contribution in [-0.4, -0.2) is 13.1 Å². The van der Waals surface area contributed by atoms with Gasteiger partial charge in [0.1, 0.15) is 0 Å². The molecule has 0 amide bonds. The number of hydrogen-bond acceptors (Lipinski definition) is 2. The van der Waals surface area contributed by atoms with Crippen LogP contribution in [0.1, 0.15) is 82.8 Å². The Morgan fingerprint density at radius 1 is 1.08 bits per heavy atom. The maximum absolute atomic E-state index is 4.17. The van der Waals surface area contributed by atoms with E-state index in [9.17, 15) is 0 Å². The molecule has 2 N–H and O–H groups in total. The van der Waals surface area contributed by atoms with Crippen molar-refractivity contribution in [1.29, 1.82) is 0 Å². The van der Waals surface area contributed by atoms with Crippen LogP contribution in [0.3, 0.4) is 0 Å². The summed E-state index contributed by atoms with van der Waals surface area (Å²) in [5.41, 5.74) is 8.03. The summed E-state index contributed by atoms with van der Waals surface area (Å²) in [5, 5.41) is 7.39. The zero-order valence-corrected chi connectivity index (χ0v) is 22.8. The smallest absolute Gasteiger partial charge is 0.0376 e. The van der Waals surface area contributed by atoms with Gasteiger partial charge in [-0.2, -0.15) is 0 Å². The third kappa shape index (κ3) is 9.47. The zero-order chi connectivity index (χ0) is 25.4. The molecular weight excluding hydrogens is 436 g/mol. The molecule has 0 aliphatic heterocycles. The molecule has 0 unspecified atom stereocenters. The minimum absolute atomic E-state index is 0.818. The van der Waals surface area contributed by atoms with E-state index in [0.717, 1.165) is 32.0 Å². The highest BCUT2D eigenvalue weighted by molar-refractivity contribution is 5.46. The van der Waals surface area contributed by atoms with Crippen LogP contribution in [0.15, 0.2) is 95.8 Å². The summed E-state index contributed by atoms with van der Waals surface area (Å²) in [6.45, 7) is 11.1. The summed E-state index contributed by atoms with van der Waals surface area (Å²) >= 11 is 0. The fraction of sp³-hybridized carbons (Fsp3) is 0.471. The molecule has 0 bridgehead atoms. The van der Waals surface area contributed by atoms with Crippen molar-refractivity contribution in [2.45, 2.75) is 84.6 Å². The molecular formula is C34H48N2. The second-order valence-electron chi connectivity index (χ2n) is 10.2. The van der Waals surface area contributed by atoms with Gasteiger partial charge in [0.25, 0.3) is 0 Å². The van der Waals surface area contributed by atoms with E-state index in [-0.39, 0.29) is 0 Å². The average Bonchev–Trinajstić information content (AvgIpc) is 2.88. The van der Waals surface area contributed by atoms with E-state index < -0.39 is 0 Å². The van der Waals surface area contributed by atoms with Crippen LogP contribution in [0.5, 0.6) is 0 Å². The van der Waals surface area contributed by atoms with E-state index in [1.807, 2.05) is 6.08 Å². The van der Waals surface area contributed by atoms with E-state index in [4.69, 9.17) is 0 Å². The van der Waals surface area contributed by atoms with E-state index in [2.05, 4.69) is 91.8 Å². The van der Waals surface area contributed by atoms with Gasteiger partial charge < -0.3 is 10.6 Å². The first-order valence-electron chi connectivity index (χ1n) is 14.3. The molecule has 1 saturated carbocycles. The molecule has 0 atom stereocenters. The molecule has 0 saturated heterocycles. The highest BCUT2D eigenvalue weighted by Gasteiger charge is 2.17. The predicted molar refractivity (Wildman–Crippen MR) is 158 cm³/mol. The summed E-state index contributed by atoms with van der Waals surface area (Å²) < 4.78 is 0. The largest absolute Gasteiger partial charge is 0.385 e. The normalized spacial score (nSPS) is 17.1. The van der Waals surface area contributed by atoms with Crippen LogP contribution in [0, 0.1) is 5.92 Å². The molecule has 2 aliphatic carbocycles. The summed E-state index contributed by atoms with van der Waals surface area (Å²) in [4.78, 5) is 0. The highest BCUT2D eigenvalue weighted by Crippen LogP contribution is 2.29. The van der Waals surface area contributed by atoms with E-state index >= 15 is 0 Å². The standard InChI is InChI=1S/C34H48N2/c1-4-13-32(27-35-26-31-22-20-30(21-23-31)25-29-18-12-19-29)33(6-3)34(14-5-2)36-24-11-10-17-28-15-8-7-9-16-28/h4,6,8,13-16,20-23,29,35-36H,3,5,7,9-12,17-19,24-27H2,1-2H3/b13-4-,33-32-,34-14+. The van der Waals surface area contributed by atoms with Crippen molar-refractivity contribution in [2.24, 2.45) is 5.92 Å². The summed E-state index contributed by atoms with van der Waals surface area (Å²) in [6, 6.07) is 9.22. The Hall–Kier alpha value is -2.58. The average molecular weight is 485 g/mol. The quantitative estimate of drug-likeness (QED) is 0.181. The summed E-state index contributed by atoms with van der Waals surface area (Å²) in [6.07, 6.45) is 28.1. The van der Waals surface area contributed by atoms with E-state index in [1.54, 1.807) is 0 Å². The Morgan fingerprint density at radius 2 is 1.89 bits per heavy atom. The van der Waals surface area contributed by atoms with E-state index in [1.165, 1.54) is 91.3 Å². The molecule has 0 spiro atoms. The second kappa shape index (κ2) is 16.2. The number of benzene rings is 1. The van der Waals surface area contributed by atoms with Crippen molar-refractivity contribution < 1.29 is 0 Å². The third-order valence-electron chi connectivity index (χ3n) is 7.31. The molecule has 36 heavy (non-hydrogen) atoms. The molecule has 2 heteroatoms. The Morgan fingerprint density at radius 3 is 2.53 bits per heavy atom. The predicted octanol–water partition coefficient (Wildman–Crippen LogP) is 8.51. The topological polar surface area (TPSA) is 24.1 Å². The molecule has 3 rings (SSSR count). The van der Waals surface area contributed by atoms with Crippen molar-refractivity contribution in [1.82, 2.24) is 10.6 Å². The van der Waals surface area contributed by atoms with Crippen LogP contribution in [0.2, 0.25) is 0 Å². The van der Waals surface area contributed by atoms with Crippen molar-refractivity contribution in [3.8, 4) is 0 Å². The number of allylic oxidation sites excluding steroid dienone is 7. The SMILES string of the molecule is C=CC(=C(\C=C/C)CNCc1ccc(CC2CCC2)cc1)/C(=C\CC)NCCCCC1=CCCC=C1. The molecule has 0 aromatic heterocycles. The van der Waals surface area contributed by atoms with Crippen molar-refractivity contribution >= 4 is 0 Å². The van der Waals surface area contributed by atoms with Gasteiger partial charge in [0.05, 0.1) is 0 Å². The molecule has 2 aliphatic rings. The number of nitrogens with one attached hydrogen (secondary N) is 2. The maximum atomic E-state index is 4.17. The van der Waals surface area contributed by atoms with Gasteiger partial charge in [-0.1, -0.05) is 105 Å². The van der Waals surface area contributed by atoms with E-state index in [0.29, 0.717) is 0 Å². The van der Waals surface area contributed by atoms with Gasteiger partial charge in [0.15, 0.2) is 0 Å². The maximum Gasteiger partial charge on any atom is 0.0376 e. The summed E-state index contributed by atoms with van der Waals surface area (Å²) in [7, 11) is 0. The molecule has 194 valence electrons. The van der Waals surface area contributed by atoms with Crippen molar-refractivity contribution in [3.63, 3.8) is 0 Å². The van der Waals surface area contributed by atoms with Crippen LogP contribution < -0.4 is 10.6 Å². The lowest BCUT2D eigenvalue weighted by molar-refractivity contribution is 0.314. The van der Waals surface area contributed by atoms with Gasteiger partial charge >= 0.3 is 0 Å². The minimum atomic E-state index is 0.818. The second-order valence-corrected chi connectivity index (χ2v) is 10.2. The first-order valence-corrected chi connectivity index (χ1v) is 14.3. The number of rotatable bonds is 16. The van der Waals surface area contributed by atoms with Gasteiger partial charge in [0, 0.05) is 30.9 Å². The Labute approximate surface area is 221 Å². The summed E-state index contributed by atoms with van der Waals surface area (Å²) in [5.74, 6) is 0.922. The molecule has 0 heterocycles. The van der Waals surface area contributed by atoms with Crippen LogP contribution in [-0.2, 0) is 13.0 Å². The lowest BCUT2D eigenvalue weighted by atomic mass is 9.81. The Balaban J connectivity index is 1.52. The van der Waals surface area contributed by atoms with Gasteiger partial charge in [-0.05, 0) is 74.5 Å². The molecule has 1 fully saturated rings. The third-order valence-corrected chi connectivity index (χ3v) is 7.31. The van der Waals surface area contributed by atoms with Gasteiger partial charge in [-0.3, -0.25) is 0 Å². The molecule has 1 aromatic rings. The van der Waals surface area contributed by atoms with Crippen LogP contribution in [0.4, 0.5) is 0 Å². The Kier molecular flexibility index (Phi) is 12.6. The van der Waals surface area contributed by atoms with Crippen LogP contribution in [0.25, 0.3) is 0 Å². The van der Waals surface area contributed by atoms with Crippen molar-refractivity contribution in [2.75, 3.05) is 13.1 Å². The van der Waals surface area contributed by atoms with Crippen molar-refractivity contribution in [3.05, 3.63) is 107 Å². The number of unbranched alkanes of at least 4 members (excludes halogenated alkanes) is 1. The first kappa shape index (κ1) is 28.0. The van der Waals surface area contributed by atoms with Crippen LogP contribution >= 0.6 is 0 Å². The van der Waals surface area contributed by atoms with Gasteiger partial charge in [-0.25, -0.2) is 0 Å². The fourth-order valence-corrected chi connectivity index (χ4v) is 5.04. The lowest BCUT2D eigenvalue weighted by Crippen LogP contribution is -2.21. The zero-order valence-electron chi connectivity index (χ0n) is 22.8. The van der Waals surface area contributed by atoms with Gasteiger partial charge in [-0.15, -0.1) is 0 Å². The monoisotopic (exact) mass is 484 g/mol. The molecule has 1 aromatic carbocycles. The Bertz CT molecular complexity index is 951. The fourth-order valence-electron chi connectivity index (χ4n) is 5.04. The minimum Gasteiger partial charge on any atom is -0.385 e. The number of hydrogen-bond donors (Lipinski definition) is 2.